The highest BCUT2D eigenvalue weighted by molar-refractivity contribution is 6.38. The molecule has 8 heteroatoms. The zero-order chi connectivity index (χ0) is 19.1. The van der Waals surface area contributed by atoms with Crippen LogP contribution in [0.3, 0.4) is 0 Å². The maximum atomic E-state index is 9.32. The fraction of sp³-hybridized carbons (Fsp3) is 0.316. The summed E-state index contributed by atoms with van der Waals surface area (Å²) < 4.78 is 0. The van der Waals surface area contributed by atoms with Crippen LogP contribution in [0.25, 0.3) is 22.2 Å². The molecule has 138 valence electrons. The van der Waals surface area contributed by atoms with Crippen LogP contribution in [-0.4, -0.2) is 34.1 Å². The van der Waals surface area contributed by atoms with E-state index in [0.717, 1.165) is 24.2 Å². The van der Waals surface area contributed by atoms with Crippen molar-refractivity contribution in [3.8, 4) is 17.2 Å². The average molecular weight is 401 g/mol. The Labute approximate surface area is 166 Å². The normalized spacial score (nSPS) is 20.0. The number of rotatable bonds is 2. The minimum absolute atomic E-state index is 0.0853. The average Bonchev–Trinajstić information content (AvgIpc) is 2.97. The molecule has 2 aromatic heterocycles. The zero-order valence-corrected chi connectivity index (χ0v) is 16.2. The number of fused-ring (bicyclic) bond motifs is 1. The largest absolute Gasteiger partial charge is 0.354 e. The van der Waals surface area contributed by atoms with E-state index in [1.807, 2.05) is 6.07 Å². The number of nitriles is 1. The molecule has 1 aliphatic rings. The van der Waals surface area contributed by atoms with Crippen molar-refractivity contribution in [3.05, 3.63) is 40.3 Å². The van der Waals surface area contributed by atoms with E-state index >= 15 is 0 Å². The molecule has 0 spiro atoms. The molecule has 0 unspecified atom stereocenters. The monoisotopic (exact) mass is 400 g/mol. The third-order valence-corrected chi connectivity index (χ3v) is 5.60. The quantitative estimate of drug-likeness (QED) is 0.678. The van der Waals surface area contributed by atoms with Crippen LogP contribution in [0.5, 0.6) is 0 Å². The van der Waals surface area contributed by atoms with Crippen molar-refractivity contribution in [3.63, 3.8) is 0 Å². The number of aromatic amines is 1. The van der Waals surface area contributed by atoms with Gasteiger partial charge in [0.25, 0.3) is 0 Å². The van der Waals surface area contributed by atoms with Gasteiger partial charge < -0.3 is 15.6 Å². The highest BCUT2D eigenvalue weighted by Crippen LogP contribution is 2.43. The third-order valence-electron chi connectivity index (χ3n) is 4.91. The molecule has 0 amide bonds. The molecule has 1 fully saturated rings. The molecule has 4 rings (SSSR count). The van der Waals surface area contributed by atoms with E-state index in [0.29, 0.717) is 45.0 Å². The van der Waals surface area contributed by atoms with E-state index in [1.54, 1.807) is 12.1 Å². The molecular formula is C19H18Cl2N6. The fourth-order valence-corrected chi connectivity index (χ4v) is 4.40. The van der Waals surface area contributed by atoms with Crippen molar-refractivity contribution >= 4 is 40.1 Å². The van der Waals surface area contributed by atoms with Crippen LogP contribution in [0, 0.1) is 17.2 Å². The van der Waals surface area contributed by atoms with E-state index in [1.165, 1.54) is 6.33 Å². The number of nitrogens with two attached hydrogens (primary N) is 1. The summed E-state index contributed by atoms with van der Waals surface area (Å²) in [6, 6.07) is 7.51. The van der Waals surface area contributed by atoms with Gasteiger partial charge in [0, 0.05) is 30.3 Å². The van der Waals surface area contributed by atoms with Crippen LogP contribution >= 0.6 is 23.2 Å². The number of benzene rings is 1. The number of aromatic nitrogens is 3. The fourth-order valence-electron chi connectivity index (χ4n) is 3.85. The summed E-state index contributed by atoms with van der Waals surface area (Å²) >= 11 is 13.0. The minimum atomic E-state index is 0.0853. The van der Waals surface area contributed by atoms with E-state index in [4.69, 9.17) is 28.9 Å². The lowest BCUT2D eigenvalue weighted by Gasteiger charge is -2.35. The van der Waals surface area contributed by atoms with E-state index in [2.05, 4.69) is 32.8 Å². The van der Waals surface area contributed by atoms with Gasteiger partial charge in [0.05, 0.1) is 16.0 Å². The second kappa shape index (κ2) is 7.01. The van der Waals surface area contributed by atoms with Crippen LogP contribution in [0.1, 0.15) is 18.9 Å². The summed E-state index contributed by atoms with van der Waals surface area (Å²) in [7, 11) is 0. The topological polar surface area (TPSA) is 94.6 Å². The van der Waals surface area contributed by atoms with E-state index in [9.17, 15) is 5.26 Å². The highest BCUT2D eigenvalue weighted by atomic mass is 35.5. The lowest BCUT2D eigenvalue weighted by Crippen LogP contribution is -2.46. The van der Waals surface area contributed by atoms with Crippen LogP contribution in [0.4, 0.5) is 5.82 Å². The number of piperidine rings is 1. The Kier molecular flexibility index (Phi) is 4.68. The first-order chi connectivity index (χ1) is 13.0. The van der Waals surface area contributed by atoms with Gasteiger partial charge in [-0.05, 0) is 18.4 Å². The number of anilines is 1. The van der Waals surface area contributed by atoms with E-state index < -0.39 is 0 Å². The van der Waals surface area contributed by atoms with Gasteiger partial charge in [-0.2, -0.15) is 5.26 Å². The molecule has 1 saturated heterocycles. The number of nitrogens with zero attached hydrogens (tertiary/aromatic N) is 4. The van der Waals surface area contributed by atoms with Gasteiger partial charge >= 0.3 is 0 Å². The Morgan fingerprint density at radius 1 is 1.30 bits per heavy atom. The smallest absolute Gasteiger partial charge is 0.144 e. The molecule has 1 aliphatic heterocycles. The highest BCUT2D eigenvalue weighted by Gasteiger charge is 2.27. The number of H-pyrrole nitrogens is 1. The number of hydrogen-bond donors (Lipinski definition) is 2. The Balaban J connectivity index is 1.95. The van der Waals surface area contributed by atoms with Crippen LogP contribution in [0.15, 0.2) is 24.5 Å². The first kappa shape index (κ1) is 18.1. The summed E-state index contributed by atoms with van der Waals surface area (Å²) in [5.41, 5.74) is 8.64. The predicted molar refractivity (Wildman–Crippen MR) is 108 cm³/mol. The van der Waals surface area contributed by atoms with Gasteiger partial charge in [-0.1, -0.05) is 42.3 Å². The van der Waals surface area contributed by atoms with Crippen LogP contribution in [0.2, 0.25) is 10.2 Å². The van der Waals surface area contributed by atoms with Gasteiger partial charge in [0.15, 0.2) is 0 Å². The standard InChI is InChI=1S/C19H18Cl2N6/c1-10-5-12(23)8-27(7-10)19-15-14(17(21)26-18(15)24-9-25-19)13-4-2-3-11(6-22)16(13)20/h2-4,9-10,12H,5,7-8,23H2,1H3,(H,24,25,26)/t10-,12+/m0/s1. The Morgan fingerprint density at radius 3 is 2.85 bits per heavy atom. The van der Waals surface area contributed by atoms with Crippen molar-refractivity contribution in [2.75, 3.05) is 18.0 Å². The molecule has 6 nitrogen and oxygen atoms in total. The molecule has 3 N–H and O–H groups in total. The summed E-state index contributed by atoms with van der Waals surface area (Å²) in [5, 5.41) is 10.9. The lowest BCUT2D eigenvalue weighted by molar-refractivity contribution is 0.400. The molecule has 1 aromatic carbocycles. The molecule has 27 heavy (non-hydrogen) atoms. The molecular weight excluding hydrogens is 383 g/mol. The van der Waals surface area contributed by atoms with Crippen molar-refractivity contribution in [2.45, 2.75) is 19.4 Å². The zero-order valence-electron chi connectivity index (χ0n) is 14.7. The second-order valence-electron chi connectivity index (χ2n) is 7.02. The molecule has 0 radical (unpaired) electrons. The van der Waals surface area contributed by atoms with Crippen molar-refractivity contribution in [2.24, 2.45) is 11.7 Å². The number of hydrogen-bond acceptors (Lipinski definition) is 5. The molecule has 0 bridgehead atoms. The molecule has 0 saturated carbocycles. The number of halogens is 2. The van der Waals surface area contributed by atoms with Gasteiger partial charge in [-0.15, -0.1) is 0 Å². The van der Waals surface area contributed by atoms with Gasteiger partial charge in [0.2, 0.25) is 0 Å². The predicted octanol–water partition coefficient (Wildman–Crippen LogP) is 3.98. The minimum Gasteiger partial charge on any atom is -0.354 e. The Bertz CT molecular complexity index is 1040. The van der Waals surface area contributed by atoms with Gasteiger partial charge in [-0.3, -0.25) is 0 Å². The van der Waals surface area contributed by atoms with Gasteiger partial charge in [0.1, 0.15) is 29.0 Å². The maximum absolute atomic E-state index is 9.32. The lowest BCUT2D eigenvalue weighted by atomic mass is 9.96. The van der Waals surface area contributed by atoms with Gasteiger partial charge in [-0.25, -0.2) is 9.97 Å². The van der Waals surface area contributed by atoms with Crippen LogP contribution in [-0.2, 0) is 0 Å². The Hall–Kier alpha value is -2.33. The van der Waals surface area contributed by atoms with Crippen LogP contribution < -0.4 is 10.6 Å². The molecule has 3 heterocycles. The summed E-state index contributed by atoms with van der Waals surface area (Å²) in [6.07, 6.45) is 2.51. The summed E-state index contributed by atoms with van der Waals surface area (Å²) in [5.74, 6) is 1.24. The molecule has 3 aromatic rings. The van der Waals surface area contributed by atoms with E-state index in [-0.39, 0.29) is 6.04 Å². The summed E-state index contributed by atoms with van der Waals surface area (Å²) in [4.78, 5) is 14.2. The van der Waals surface area contributed by atoms with Crippen molar-refractivity contribution < 1.29 is 0 Å². The maximum Gasteiger partial charge on any atom is 0.144 e. The Morgan fingerprint density at radius 2 is 2.11 bits per heavy atom. The molecule has 0 aliphatic carbocycles. The second-order valence-corrected chi connectivity index (χ2v) is 7.78. The number of nitrogens with one attached hydrogen (secondary N) is 1. The van der Waals surface area contributed by atoms with Crippen molar-refractivity contribution in [1.82, 2.24) is 15.0 Å². The first-order valence-electron chi connectivity index (χ1n) is 8.71. The third kappa shape index (κ3) is 3.12. The summed E-state index contributed by atoms with van der Waals surface area (Å²) in [6.45, 7) is 3.75. The SMILES string of the molecule is C[C@H]1C[C@@H](N)CN(c2ncnc3[nH]c(Cl)c(-c4cccc(C#N)c4Cl)c23)C1. The first-order valence-corrected chi connectivity index (χ1v) is 9.46. The molecule has 2 atom stereocenters. The van der Waals surface area contributed by atoms with Crippen molar-refractivity contribution in [1.29, 1.82) is 5.26 Å².